The van der Waals surface area contributed by atoms with Crippen LogP contribution in [0.25, 0.3) is 11.4 Å². The molecule has 0 bridgehead atoms. The van der Waals surface area contributed by atoms with Crippen LogP contribution in [0.5, 0.6) is 5.75 Å². The number of carbonyl (C=O) groups excluding carboxylic acids is 1. The number of likely N-dealkylation sites (tertiary alicyclic amines) is 1. The van der Waals surface area contributed by atoms with Crippen molar-refractivity contribution in [2.24, 2.45) is 0 Å². The molecule has 0 spiro atoms. The van der Waals surface area contributed by atoms with Gasteiger partial charge in [-0.25, -0.2) is 4.79 Å². The molecule has 2 heterocycles. The molecule has 1 aromatic heterocycles. The Bertz CT molecular complexity index is 974. The summed E-state index contributed by atoms with van der Waals surface area (Å²) < 4.78 is 10.6. The summed E-state index contributed by atoms with van der Waals surface area (Å²) in [5.41, 5.74) is 1.47. The Labute approximate surface area is 167 Å². The maximum absolute atomic E-state index is 12.8. The topological polar surface area (TPSA) is 80.5 Å². The molecular weight excluding hydrogens is 380 g/mol. The Morgan fingerprint density at radius 2 is 2.11 bits per heavy atom. The molecule has 4 rings (SSSR count). The van der Waals surface area contributed by atoms with Gasteiger partial charge >= 0.3 is 6.03 Å². The molecule has 1 aliphatic heterocycles. The van der Waals surface area contributed by atoms with Gasteiger partial charge < -0.3 is 19.5 Å². The van der Waals surface area contributed by atoms with E-state index in [1.165, 1.54) is 0 Å². The van der Waals surface area contributed by atoms with Gasteiger partial charge in [0, 0.05) is 22.8 Å². The number of nitrogens with one attached hydrogen (secondary N) is 1. The number of carbonyl (C=O) groups is 1. The van der Waals surface area contributed by atoms with Crippen molar-refractivity contribution < 1.29 is 14.1 Å². The minimum Gasteiger partial charge on any atom is -0.497 e. The van der Waals surface area contributed by atoms with E-state index in [0.29, 0.717) is 29.0 Å². The Kier molecular flexibility index (Phi) is 5.16. The van der Waals surface area contributed by atoms with Gasteiger partial charge in [-0.15, -0.1) is 0 Å². The van der Waals surface area contributed by atoms with Crippen molar-refractivity contribution in [3.8, 4) is 17.1 Å². The van der Waals surface area contributed by atoms with Crippen molar-refractivity contribution in [1.82, 2.24) is 15.0 Å². The maximum atomic E-state index is 12.8. The summed E-state index contributed by atoms with van der Waals surface area (Å²) in [5.74, 6) is 1.62. The van der Waals surface area contributed by atoms with E-state index in [1.54, 1.807) is 48.4 Å². The van der Waals surface area contributed by atoms with Crippen LogP contribution >= 0.6 is 11.6 Å². The molecular formula is C20H19ClN4O3. The van der Waals surface area contributed by atoms with E-state index in [9.17, 15) is 4.79 Å². The first-order valence-electron chi connectivity index (χ1n) is 8.95. The second kappa shape index (κ2) is 7.90. The molecule has 1 fully saturated rings. The van der Waals surface area contributed by atoms with Gasteiger partial charge in [0.05, 0.1) is 7.11 Å². The van der Waals surface area contributed by atoms with Gasteiger partial charge in [-0.05, 0) is 49.2 Å². The highest BCUT2D eigenvalue weighted by atomic mass is 35.5. The van der Waals surface area contributed by atoms with Crippen LogP contribution in [-0.4, -0.2) is 34.7 Å². The Balaban J connectivity index is 1.49. The fourth-order valence-corrected chi connectivity index (χ4v) is 3.44. The lowest BCUT2D eigenvalue weighted by atomic mass is 10.2. The number of hydrogen-bond acceptors (Lipinski definition) is 5. The highest BCUT2D eigenvalue weighted by Gasteiger charge is 2.34. The molecule has 1 atom stereocenters. The lowest BCUT2D eigenvalue weighted by Crippen LogP contribution is -2.34. The molecule has 8 heteroatoms. The lowest BCUT2D eigenvalue weighted by Gasteiger charge is -2.22. The molecule has 2 aromatic carbocycles. The van der Waals surface area contributed by atoms with E-state index in [0.717, 1.165) is 24.2 Å². The molecule has 0 radical (unpaired) electrons. The van der Waals surface area contributed by atoms with Gasteiger partial charge in [-0.2, -0.15) is 4.98 Å². The molecule has 2 amide bonds. The number of methoxy groups -OCH3 is 1. The first kappa shape index (κ1) is 18.3. The number of rotatable bonds is 4. The van der Waals surface area contributed by atoms with Crippen LogP contribution in [-0.2, 0) is 0 Å². The second-order valence-corrected chi connectivity index (χ2v) is 6.91. The summed E-state index contributed by atoms with van der Waals surface area (Å²) in [5, 5.41) is 7.56. The highest BCUT2D eigenvalue weighted by molar-refractivity contribution is 6.30. The molecule has 144 valence electrons. The van der Waals surface area contributed by atoms with E-state index in [4.69, 9.17) is 20.9 Å². The number of aromatic nitrogens is 2. The fourth-order valence-electron chi connectivity index (χ4n) is 3.25. The molecule has 7 nitrogen and oxygen atoms in total. The predicted molar refractivity (Wildman–Crippen MR) is 105 cm³/mol. The van der Waals surface area contributed by atoms with E-state index in [-0.39, 0.29) is 12.1 Å². The largest absolute Gasteiger partial charge is 0.497 e. The van der Waals surface area contributed by atoms with Crippen LogP contribution in [0.15, 0.2) is 53.1 Å². The summed E-state index contributed by atoms with van der Waals surface area (Å²) >= 11 is 6.03. The van der Waals surface area contributed by atoms with Gasteiger partial charge in [0.25, 0.3) is 0 Å². The summed E-state index contributed by atoms with van der Waals surface area (Å²) in [7, 11) is 1.60. The van der Waals surface area contributed by atoms with Gasteiger partial charge in [-0.3, -0.25) is 0 Å². The molecule has 1 aliphatic rings. The quantitative estimate of drug-likeness (QED) is 0.684. The molecule has 1 unspecified atom stereocenters. The van der Waals surface area contributed by atoms with Crippen LogP contribution < -0.4 is 10.1 Å². The predicted octanol–water partition coefficient (Wildman–Crippen LogP) is 4.77. The van der Waals surface area contributed by atoms with Crippen LogP contribution in [0.2, 0.25) is 5.02 Å². The first-order valence-corrected chi connectivity index (χ1v) is 9.33. The summed E-state index contributed by atoms with van der Waals surface area (Å²) in [6, 6.07) is 14.0. The van der Waals surface area contributed by atoms with Crippen molar-refractivity contribution in [2.45, 2.75) is 18.9 Å². The molecule has 0 aliphatic carbocycles. The molecule has 1 saturated heterocycles. The molecule has 0 saturated carbocycles. The van der Waals surface area contributed by atoms with E-state index in [1.807, 2.05) is 12.1 Å². The average molecular weight is 399 g/mol. The van der Waals surface area contributed by atoms with Gasteiger partial charge in [-0.1, -0.05) is 28.9 Å². The van der Waals surface area contributed by atoms with Gasteiger partial charge in [0.2, 0.25) is 11.7 Å². The highest BCUT2D eigenvalue weighted by Crippen LogP contribution is 2.33. The number of benzene rings is 2. The van der Waals surface area contributed by atoms with Crippen molar-refractivity contribution in [1.29, 1.82) is 0 Å². The molecule has 1 N–H and O–H groups in total. The number of ether oxygens (including phenoxy) is 1. The van der Waals surface area contributed by atoms with Crippen LogP contribution in [0.4, 0.5) is 10.5 Å². The number of urea groups is 1. The zero-order chi connectivity index (χ0) is 19.5. The standard InChI is InChI=1S/C20H19ClN4O3/c1-27-16-9-7-15(8-10-16)22-20(26)25-11-3-6-17(25)19-23-18(24-28-19)13-4-2-5-14(21)12-13/h2,4-5,7-10,12,17H,3,6,11H2,1H3,(H,22,26). The monoisotopic (exact) mass is 398 g/mol. The smallest absolute Gasteiger partial charge is 0.322 e. The van der Waals surface area contributed by atoms with Crippen LogP contribution in [0, 0.1) is 0 Å². The Morgan fingerprint density at radius 3 is 2.86 bits per heavy atom. The van der Waals surface area contributed by atoms with E-state index >= 15 is 0 Å². The minimum atomic E-state index is -0.251. The van der Waals surface area contributed by atoms with Gasteiger partial charge in [0.15, 0.2) is 0 Å². The summed E-state index contributed by atoms with van der Waals surface area (Å²) in [4.78, 5) is 19.0. The number of halogens is 1. The third-order valence-electron chi connectivity index (χ3n) is 4.66. The number of nitrogens with zero attached hydrogens (tertiary/aromatic N) is 3. The number of anilines is 1. The molecule has 3 aromatic rings. The van der Waals surface area contributed by atoms with Crippen molar-refractivity contribution >= 4 is 23.3 Å². The Morgan fingerprint density at radius 1 is 1.29 bits per heavy atom. The third-order valence-corrected chi connectivity index (χ3v) is 4.90. The van der Waals surface area contributed by atoms with Crippen molar-refractivity contribution in [3.05, 3.63) is 59.4 Å². The van der Waals surface area contributed by atoms with Crippen LogP contribution in [0.1, 0.15) is 24.8 Å². The van der Waals surface area contributed by atoms with Crippen molar-refractivity contribution in [3.63, 3.8) is 0 Å². The Hall–Kier alpha value is -3.06. The van der Waals surface area contributed by atoms with Crippen LogP contribution in [0.3, 0.4) is 0 Å². The zero-order valence-corrected chi connectivity index (χ0v) is 16.0. The third kappa shape index (κ3) is 3.80. The SMILES string of the molecule is COc1ccc(NC(=O)N2CCCC2c2nc(-c3cccc(Cl)c3)no2)cc1. The second-order valence-electron chi connectivity index (χ2n) is 6.48. The molecule has 28 heavy (non-hydrogen) atoms. The fraction of sp³-hybridized carbons (Fsp3) is 0.250. The number of hydrogen-bond donors (Lipinski definition) is 1. The van der Waals surface area contributed by atoms with E-state index in [2.05, 4.69) is 15.5 Å². The van der Waals surface area contributed by atoms with Crippen molar-refractivity contribution in [2.75, 3.05) is 19.0 Å². The first-order chi connectivity index (χ1) is 13.6. The summed E-state index contributed by atoms with van der Waals surface area (Å²) in [6.45, 7) is 0.627. The maximum Gasteiger partial charge on any atom is 0.322 e. The number of amides is 2. The van der Waals surface area contributed by atoms with E-state index < -0.39 is 0 Å². The van der Waals surface area contributed by atoms with Gasteiger partial charge in [0.1, 0.15) is 11.8 Å². The summed E-state index contributed by atoms with van der Waals surface area (Å²) in [6.07, 6.45) is 1.64. The zero-order valence-electron chi connectivity index (χ0n) is 15.3. The lowest BCUT2D eigenvalue weighted by molar-refractivity contribution is 0.193. The normalized spacial score (nSPS) is 16.2. The minimum absolute atomic E-state index is 0.199. The average Bonchev–Trinajstić information content (AvgIpc) is 3.38.